The lowest BCUT2D eigenvalue weighted by Gasteiger charge is -2.26. The van der Waals surface area contributed by atoms with Crippen molar-refractivity contribution in [2.45, 2.75) is 12.5 Å². The summed E-state index contributed by atoms with van der Waals surface area (Å²) < 4.78 is 5.22. The number of halogens is 1. The summed E-state index contributed by atoms with van der Waals surface area (Å²) in [5.41, 5.74) is 1.20. The lowest BCUT2D eigenvalue weighted by Crippen LogP contribution is -2.32. The van der Waals surface area contributed by atoms with Crippen LogP contribution in [0.1, 0.15) is 23.6 Å². The number of likely N-dealkylation sites (tertiary alicyclic amines) is 1. The summed E-state index contributed by atoms with van der Waals surface area (Å²) in [5.74, 6) is -0.983. The zero-order valence-corrected chi connectivity index (χ0v) is 18.0. The van der Waals surface area contributed by atoms with Crippen molar-refractivity contribution in [2.75, 3.05) is 34.3 Å². The first-order valence-electron chi connectivity index (χ1n) is 9.66. The van der Waals surface area contributed by atoms with E-state index in [-0.39, 0.29) is 11.3 Å². The molecule has 0 aromatic heterocycles. The number of rotatable bonds is 7. The molecule has 1 aliphatic rings. The molecule has 1 atom stereocenters. The third kappa shape index (κ3) is 4.50. The number of ether oxygens (including phenoxy) is 1. The average molecular weight is 429 g/mol. The molecule has 1 fully saturated rings. The average Bonchev–Trinajstić information content (AvgIpc) is 2.98. The fourth-order valence-corrected chi connectivity index (χ4v) is 3.71. The minimum atomic E-state index is -0.694. The molecule has 1 saturated heterocycles. The highest BCUT2D eigenvalue weighted by atomic mass is 35.5. The molecule has 1 N–H and O–H groups in total. The van der Waals surface area contributed by atoms with Gasteiger partial charge in [-0.25, -0.2) is 0 Å². The maximum atomic E-state index is 13.0. The van der Waals surface area contributed by atoms with Gasteiger partial charge in [0.05, 0.1) is 18.7 Å². The normalized spacial score (nSPS) is 18.3. The minimum Gasteiger partial charge on any atom is -0.507 e. The van der Waals surface area contributed by atoms with Gasteiger partial charge in [0, 0.05) is 17.1 Å². The van der Waals surface area contributed by atoms with Gasteiger partial charge in [0.15, 0.2) is 0 Å². The SMILES string of the molecule is COc1cccc(C(O)=C2C(=O)C(=O)N(CCCN(C)C)C2c2ccc(Cl)cc2)c1. The van der Waals surface area contributed by atoms with E-state index in [1.165, 1.54) is 12.0 Å². The summed E-state index contributed by atoms with van der Waals surface area (Å²) >= 11 is 6.03. The number of aliphatic hydroxyl groups is 1. The first kappa shape index (κ1) is 21.9. The number of hydrogen-bond donors (Lipinski definition) is 1. The number of nitrogens with zero attached hydrogens (tertiary/aromatic N) is 2. The highest BCUT2D eigenvalue weighted by molar-refractivity contribution is 6.46. The van der Waals surface area contributed by atoms with E-state index in [4.69, 9.17) is 16.3 Å². The first-order valence-corrected chi connectivity index (χ1v) is 10.0. The Labute approximate surface area is 181 Å². The van der Waals surface area contributed by atoms with Gasteiger partial charge in [-0.3, -0.25) is 9.59 Å². The van der Waals surface area contributed by atoms with Crippen molar-refractivity contribution >= 4 is 29.1 Å². The van der Waals surface area contributed by atoms with Gasteiger partial charge in [-0.05, 0) is 56.9 Å². The Morgan fingerprint density at radius 1 is 1.17 bits per heavy atom. The maximum Gasteiger partial charge on any atom is 0.295 e. The molecule has 1 unspecified atom stereocenters. The molecule has 158 valence electrons. The van der Waals surface area contributed by atoms with Gasteiger partial charge in [0.25, 0.3) is 11.7 Å². The molecule has 30 heavy (non-hydrogen) atoms. The zero-order valence-electron chi connectivity index (χ0n) is 17.3. The number of amides is 1. The second kappa shape index (κ2) is 9.32. The molecular weight excluding hydrogens is 404 g/mol. The summed E-state index contributed by atoms with van der Waals surface area (Å²) in [7, 11) is 5.43. The van der Waals surface area contributed by atoms with Crippen LogP contribution in [0.15, 0.2) is 54.1 Å². The second-order valence-corrected chi connectivity index (χ2v) is 7.87. The number of ketones is 1. The molecule has 1 amide bonds. The van der Waals surface area contributed by atoms with Gasteiger partial charge in [0.2, 0.25) is 0 Å². The molecule has 0 saturated carbocycles. The summed E-state index contributed by atoms with van der Waals surface area (Å²) in [6.45, 7) is 1.16. The van der Waals surface area contributed by atoms with Crippen molar-refractivity contribution in [3.63, 3.8) is 0 Å². The van der Waals surface area contributed by atoms with Gasteiger partial charge in [0.1, 0.15) is 11.5 Å². The molecule has 1 heterocycles. The summed E-state index contributed by atoms with van der Waals surface area (Å²) in [4.78, 5) is 29.4. The van der Waals surface area contributed by atoms with Crippen molar-refractivity contribution in [1.29, 1.82) is 0 Å². The van der Waals surface area contributed by atoms with Gasteiger partial charge in [-0.2, -0.15) is 0 Å². The molecule has 0 aliphatic carbocycles. The van der Waals surface area contributed by atoms with Crippen LogP contribution < -0.4 is 4.74 Å². The van der Waals surface area contributed by atoms with Crippen LogP contribution in [-0.2, 0) is 9.59 Å². The van der Waals surface area contributed by atoms with Crippen molar-refractivity contribution in [1.82, 2.24) is 9.80 Å². The molecule has 3 rings (SSSR count). The van der Waals surface area contributed by atoms with E-state index < -0.39 is 17.7 Å². The number of aliphatic hydroxyl groups excluding tert-OH is 1. The topological polar surface area (TPSA) is 70.1 Å². The van der Waals surface area contributed by atoms with Crippen molar-refractivity contribution < 1.29 is 19.4 Å². The Hall–Kier alpha value is -2.83. The van der Waals surface area contributed by atoms with E-state index in [9.17, 15) is 14.7 Å². The molecule has 0 spiro atoms. The van der Waals surface area contributed by atoms with E-state index in [0.717, 1.165) is 6.54 Å². The van der Waals surface area contributed by atoms with Gasteiger partial charge in [-0.1, -0.05) is 35.9 Å². The molecule has 2 aromatic carbocycles. The monoisotopic (exact) mass is 428 g/mol. The molecule has 0 radical (unpaired) electrons. The smallest absolute Gasteiger partial charge is 0.295 e. The van der Waals surface area contributed by atoms with Crippen LogP contribution in [0.5, 0.6) is 5.75 Å². The van der Waals surface area contributed by atoms with Crippen molar-refractivity contribution in [2.24, 2.45) is 0 Å². The molecule has 1 aliphatic heterocycles. The third-order valence-corrected chi connectivity index (χ3v) is 5.33. The Kier molecular flexibility index (Phi) is 6.80. The van der Waals surface area contributed by atoms with Gasteiger partial charge in [-0.15, -0.1) is 0 Å². The van der Waals surface area contributed by atoms with E-state index in [1.807, 2.05) is 19.0 Å². The summed E-state index contributed by atoms with van der Waals surface area (Å²) in [6.07, 6.45) is 0.698. The largest absolute Gasteiger partial charge is 0.507 e. The van der Waals surface area contributed by atoms with E-state index in [2.05, 4.69) is 0 Å². The van der Waals surface area contributed by atoms with E-state index in [1.54, 1.807) is 48.5 Å². The highest BCUT2D eigenvalue weighted by Gasteiger charge is 2.45. The van der Waals surface area contributed by atoms with E-state index in [0.29, 0.717) is 34.9 Å². The first-order chi connectivity index (χ1) is 14.3. The molecule has 0 bridgehead atoms. The van der Waals surface area contributed by atoms with Crippen LogP contribution in [0.3, 0.4) is 0 Å². The quantitative estimate of drug-likeness (QED) is 0.413. The predicted octanol–water partition coefficient (Wildman–Crippen LogP) is 3.72. The second-order valence-electron chi connectivity index (χ2n) is 7.43. The molecule has 7 heteroatoms. The maximum absolute atomic E-state index is 13.0. The van der Waals surface area contributed by atoms with Gasteiger partial charge >= 0.3 is 0 Å². The highest BCUT2D eigenvalue weighted by Crippen LogP contribution is 2.40. The summed E-state index contributed by atoms with van der Waals surface area (Å²) in [5, 5.41) is 11.6. The molecule has 6 nitrogen and oxygen atoms in total. The van der Waals surface area contributed by atoms with Crippen molar-refractivity contribution in [3.8, 4) is 5.75 Å². The van der Waals surface area contributed by atoms with E-state index >= 15 is 0 Å². The number of carbonyl (C=O) groups is 2. The standard InChI is InChI=1S/C23H25ClN2O4/c1-25(2)12-5-13-26-20(15-8-10-17(24)11-9-15)19(22(28)23(26)29)21(27)16-6-4-7-18(14-16)30-3/h4,6-11,14,20,27H,5,12-13H2,1-3H3. The molecular formula is C23H25ClN2O4. The number of benzene rings is 2. The van der Waals surface area contributed by atoms with Gasteiger partial charge < -0.3 is 19.6 Å². The Bertz CT molecular complexity index is 969. The lowest BCUT2D eigenvalue weighted by molar-refractivity contribution is -0.139. The number of methoxy groups -OCH3 is 1. The van der Waals surface area contributed by atoms with Crippen LogP contribution in [0.4, 0.5) is 0 Å². The lowest BCUT2D eigenvalue weighted by atomic mass is 9.95. The fourth-order valence-electron chi connectivity index (χ4n) is 3.59. The van der Waals surface area contributed by atoms with Crippen LogP contribution in [-0.4, -0.2) is 60.9 Å². The minimum absolute atomic E-state index is 0.0698. The number of hydrogen-bond acceptors (Lipinski definition) is 5. The number of carbonyl (C=O) groups excluding carboxylic acids is 2. The van der Waals surface area contributed by atoms with Crippen LogP contribution >= 0.6 is 11.6 Å². The zero-order chi connectivity index (χ0) is 21.8. The predicted molar refractivity (Wildman–Crippen MR) is 117 cm³/mol. The van der Waals surface area contributed by atoms with Crippen LogP contribution in [0, 0.1) is 0 Å². The Morgan fingerprint density at radius 2 is 1.87 bits per heavy atom. The summed E-state index contributed by atoms with van der Waals surface area (Å²) in [6, 6.07) is 13.1. The van der Waals surface area contributed by atoms with Crippen molar-refractivity contribution in [3.05, 3.63) is 70.3 Å². The number of Topliss-reactive ketones (excluding diaryl/α,β-unsaturated/α-hetero) is 1. The third-order valence-electron chi connectivity index (χ3n) is 5.07. The Morgan fingerprint density at radius 3 is 2.50 bits per heavy atom. The Balaban J connectivity index is 2.09. The fraction of sp³-hybridized carbons (Fsp3) is 0.304. The van der Waals surface area contributed by atoms with Crippen LogP contribution in [0.2, 0.25) is 5.02 Å². The molecule has 2 aromatic rings. The van der Waals surface area contributed by atoms with Crippen LogP contribution in [0.25, 0.3) is 5.76 Å².